The molecule has 3 rings (SSSR count). The molecule has 5 nitrogen and oxygen atoms in total. The van der Waals surface area contributed by atoms with Crippen molar-refractivity contribution in [3.8, 4) is 0 Å². The molecule has 0 saturated heterocycles. The second-order valence-electron chi connectivity index (χ2n) is 7.13. The molecule has 0 radical (unpaired) electrons. The third kappa shape index (κ3) is 4.66. The van der Waals surface area contributed by atoms with Crippen LogP contribution in [0.4, 0.5) is 0 Å². The smallest absolute Gasteiger partial charge is 0.222 e. The monoisotopic (exact) mass is 326 g/mol. The fourth-order valence-corrected chi connectivity index (χ4v) is 3.05. The topological polar surface area (TPSA) is 59.8 Å². The van der Waals surface area contributed by atoms with Crippen molar-refractivity contribution in [2.75, 3.05) is 0 Å². The lowest BCUT2D eigenvalue weighted by Gasteiger charge is -2.19. The van der Waals surface area contributed by atoms with E-state index < -0.39 is 0 Å². The second kappa shape index (κ2) is 7.60. The van der Waals surface area contributed by atoms with Gasteiger partial charge in [0.05, 0.1) is 12.6 Å². The van der Waals surface area contributed by atoms with Crippen molar-refractivity contribution < 1.29 is 4.79 Å². The summed E-state index contributed by atoms with van der Waals surface area (Å²) in [5, 5.41) is 7.25. The molecule has 1 aromatic heterocycles. The van der Waals surface area contributed by atoms with Gasteiger partial charge in [-0.1, -0.05) is 38.1 Å². The van der Waals surface area contributed by atoms with Crippen LogP contribution in [0.1, 0.15) is 50.3 Å². The first-order valence-electron chi connectivity index (χ1n) is 8.82. The van der Waals surface area contributed by atoms with Crippen LogP contribution in [0.25, 0.3) is 0 Å². The van der Waals surface area contributed by atoms with Crippen LogP contribution in [-0.4, -0.2) is 20.7 Å². The van der Waals surface area contributed by atoms with Gasteiger partial charge >= 0.3 is 0 Å². The van der Waals surface area contributed by atoms with Crippen molar-refractivity contribution in [2.45, 2.75) is 52.1 Å². The number of nitrogens with one attached hydrogen (secondary N) is 1. The molecular weight excluding hydrogens is 300 g/mol. The van der Waals surface area contributed by atoms with Gasteiger partial charge < -0.3 is 5.32 Å². The summed E-state index contributed by atoms with van der Waals surface area (Å²) in [7, 11) is 0. The van der Waals surface area contributed by atoms with Gasteiger partial charge in [-0.05, 0) is 42.2 Å². The molecule has 1 N–H and O–H groups in total. The Kier molecular flexibility index (Phi) is 5.28. The highest BCUT2D eigenvalue weighted by Crippen LogP contribution is 2.41. The summed E-state index contributed by atoms with van der Waals surface area (Å²) >= 11 is 0. The quantitative estimate of drug-likeness (QED) is 0.811. The molecule has 1 aliphatic carbocycles. The van der Waals surface area contributed by atoms with Gasteiger partial charge in [0.15, 0.2) is 0 Å². The molecule has 2 aromatic rings. The molecule has 1 heterocycles. The average molecular weight is 326 g/mol. The summed E-state index contributed by atoms with van der Waals surface area (Å²) in [5.74, 6) is 1.32. The predicted octanol–water partition coefficient (Wildman–Crippen LogP) is 3.13. The van der Waals surface area contributed by atoms with Crippen LogP contribution in [0, 0.1) is 11.8 Å². The van der Waals surface area contributed by atoms with Gasteiger partial charge in [-0.25, -0.2) is 4.98 Å². The van der Waals surface area contributed by atoms with Gasteiger partial charge in [-0.15, -0.1) is 0 Å². The minimum atomic E-state index is 0.0775. The van der Waals surface area contributed by atoms with Gasteiger partial charge in [0.2, 0.25) is 5.91 Å². The van der Waals surface area contributed by atoms with E-state index in [1.165, 1.54) is 30.3 Å². The number of hydrogen-bond donors (Lipinski definition) is 1. The van der Waals surface area contributed by atoms with Crippen molar-refractivity contribution in [1.29, 1.82) is 0 Å². The van der Waals surface area contributed by atoms with Gasteiger partial charge in [0.1, 0.15) is 12.7 Å². The molecule has 0 bridgehead atoms. The predicted molar refractivity (Wildman–Crippen MR) is 93.2 cm³/mol. The van der Waals surface area contributed by atoms with E-state index in [1.807, 2.05) is 0 Å². The van der Waals surface area contributed by atoms with E-state index in [9.17, 15) is 4.79 Å². The van der Waals surface area contributed by atoms with E-state index in [0.29, 0.717) is 24.8 Å². The van der Waals surface area contributed by atoms with E-state index in [0.717, 1.165) is 6.42 Å². The number of carbonyl (C=O) groups is 1. The van der Waals surface area contributed by atoms with E-state index in [1.54, 1.807) is 11.0 Å². The fourth-order valence-electron chi connectivity index (χ4n) is 3.05. The lowest BCUT2D eigenvalue weighted by atomic mass is 9.97. The number of carbonyl (C=O) groups excluding carboxylic acids is 1. The Bertz CT molecular complexity index is 645. The van der Waals surface area contributed by atoms with E-state index in [-0.39, 0.29) is 11.9 Å². The first kappa shape index (κ1) is 16.7. The lowest BCUT2D eigenvalue weighted by Crippen LogP contribution is -2.30. The Morgan fingerprint density at radius 3 is 2.62 bits per heavy atom. The molecule has 1 unspecified atom stereocenters. The number of benzene rings is 1. The molecule has 0 aliphatic heterocycles. The van der Waals surface area contributed by atoms with Gasteiger partial charge in [-0.3, -0.25) is 9.48 Å². The molecule has 1 saturated carbocycles. The van der Waals surface area contributed by atoms with Crippen LogP contribution in [-0.2, 0) is 17.8 Å². The Balaban J connectivity index is 1.59. The average Bonchev–Trinajstić information content (AvgIpc) is 3.26. The Hall–Kier alpha value is -2.17. The SMILES string of the molecule is CC(C)Cc1ccc(C(NC(=O)CCn2cncn2)C2CC2)cc1. The van der Waals surface area contributed by atoms with Gasteiger partial charge in [0, 0.05) is 6.42 Å². The molecule has 1 aromatic carbocycles. The number of amides is 1. The zero-order chi connectivity index (χ0) is 16.9. The number of aryl methyl sites for hydroxylation is 1. The maximum Gasteiger partial charge on any atom is 0.222 e. The Morgan fingerprint density at radius 1 is 1.29 bits per heavy atom. The number of aromatic nitrogens is 3. The molecule has 1 fully saturated rings. The van der Waals surface area contributed by atoms with Crippen LogP contribution in [0.2, 0.25) is 0 Å². The summed E-state index contributed by atoms with van der Waals surface area (Å²) in [6.07, 6.45) is 7.04. The molecule has 128 valence electrons. The maximum absolute atomic E-state index is 12.3. The summed E-state index contributed by atoms with van der Waals surface area (Å²) in [5.41, 5.74) is 2.58. The van der Waals surface area contributed by atoms with Crippen molar-refractivity contribution in [1.82, 2.24) is 20.1 Å². The standard InChI is InChI=1S/C19H26N4O/c1-14(2)11-15-3-5-16(6-4-15)19(17-7-8-17)22-18(24)9-10-23-13-20-12-21-23/h3-6,12-14,17,19H,7-11H2,1-2H3,(H,22,24). The number of nitrogens with zero attached hydrogens (tertiary/aromatic N) is 3. The number of rotatable bonds is 8. The summed E-state index contributed by atoms with van der Waals surface area (Å²) in [6, 6.07) is 8.90. The molecule has 5 heteroatoms. The molecule has 1 amide bonds. The van der Waals surface area contributed by atoms with Crippen molar-refractivity contribution >= 4 is 5.91 Å². The van der Waals surface area contributed by atoms with E-state index >= 15 is 0 Å². The third-order valence-corrected chi connectivity index (χ3v) is 4.43. The van der Waals surface area contributed by atoms with Crippen LogP contribution >= 0.6 is 0 Å². The first-order chi connectivity index (χ1) is 11.6. The van der Waals surface area contributed by atoms with Gasteiger partial charge in [0.25, 0.3) is 0 Å². The minimum Gasteiger partial charge on any atom is -0.349 e. The number of hydrogen-bond acceptors (Lipinski definition) is 3. The van der Waals surface area contributed by atoms with Crippen molar-refractivity contribution in [3.63, 3.8) is 0 Å². The normalized spacial score (nSPS) is 15.5. The highest BCUT2D eigenvalue weighted by molar-refractivity contribution is 5.76. The van der Waals surface area contributed by atoms with Crippen LogP contribution in [0.5, 0.6) is 0 Å². The zero-order valence-corrected chi connectivity index (χ0v) is 14.5. The molecule has 0 spiro atoms. The maximum atomic E-state index is 12.3. The molecule has 1 aliphatic rings. The van der Waals surface area contributed by atoms with E-state index in [4.69, 9.17) is 0 Å². The Morgan fingerprint density at radius 2 is 2.04 bits per heavy atom. The molecule has 1 atom stereocenters. The minimum absolute atomic E-state index is 0.0775. The van der Waals surface area contributed by atoms with Crippen molar-refractivity contribution in [2.24, 2.45) is 11.8 Å². The Labute approximate surface area is 143 Å². The van der Waals surface area contributed by atoms with Crippen LogP contribution in [0.15, 0.2) is 36.9 Å². The summed E-state index contributed by atoms with van der Waals surface area (Å²) in [4.78, 5) is 16.2. The molecular formula is C19H26N4O. The summed E-state index contributed by atoms with van der Waals surface area (Å²) < 4.78 is 1.69. The lowest BCUT2D eigenvalue weighted by molar-refractivity contribution is -0.122. The highest BCUT2D eigenvalue weighted by Gasteiger charge is 2.33. The largest absolute Gasteiger partial charge is 0.349 e. The fraction of sp³-hybridized carbons (Fsp3) is 0.526. The van der Waals surface area contributed by atoms with Gasteiger partial charge in [-0.2, -0.15) is 5.10 Å². The van der Waals surface area contributed by atoms with Crippen LogP contribution < -0.4 is 5.32 Å². The van der Waals surface area contributed by atoms with E-state index in [2.05, 4.69) is 53.5 Å². The first-order valence-corrected chi connectivity index (χ1v) is 8.82. The second-order valence-corrected chi connectivity index (χ2v) is 7.13. The highest BCUT2D eigenvalue weighted by atomic mass is 16.1. The zero-order valence-electron chi connectivity index (χ0n) is 14.5. The third-order valence-electron chi connectivity index (χ3n) is 4.43. The molecule has 24 heavy (non-hydrogen) atoms. The summed E-state index contributed by atoms with van der Waals surface area (Å²) in [6.45, 7) is 5.03. The van der Waals surface area contributed by atoms with Crippen molar-refractivity contribution in [3.05, 3.63) is 48.0 Å². The van der Waals surface area contributed by atoms with Crippen LogP contribution in [0.3, 0.4) is 0 Å².